The standard InChI is InChI=1S/C12H11NO4S/c1-18-6-9(12(16)17)13-10(14)7-4-2-3-5-8(7)11(13)15/h2-5,9H,6H2,1H3,(H,16,17)/p-1/t9-/m0/s1. The minimum atomic E-state index is -1.42. The van der Waals surface area contributed by atoms with Crippen LogP contribution in [0, 0.1) is 0 Å². The van der Waals surface area contributed by atoms with Crippen molar-refractivity contribution < 1.29 is 19.5 Å². The molecule has 1 atom stereocenters. The van der Waals surface area contributed by atoms with Crippen LogP contribution in [0.15, 0.2) is 24.3 Å². The molecule has 0 saturated carbocycles. The summed E-state index contributed by atoms with van der Waals surface area (Å²) in [5, 5.41) is 11.0. The second-order valence-electron chi connectivity index (χ2n) is 3.82. The van der Waals surface area contributed by atoms with E-state index in [4.69, 9.17) is 0 Å². The largest absolute Gasteiger partial charge is 0.548 e. The molecule has 18 heavy (non-hydrogen) atoms. The molecule has 5 nitrogen and oxygen atoms in total. The molecular weight excluding hydrogens is 254 g/mol. The summed E-state index contributed by atoms with van der Waals surface area (Å²) in [6.45, 7) is 0. The van der Waals surface area contributed by atoms with Gasteiger partial charge in [-0.3, -0.25) is 14.5 Å². The topological polar surface area (TPSA) is 77.5 Å². The van der Waals surface area contributed by atoms with Gasteiger partial charge in [-0.05, 0) is 18.4 Å². The fourth-order valence-electron chi connectivity index (χ4n) is 1.90. The zero-order valence-corrected chi connectivity index (χ0v) is 10.4. The molecule has 0 aliphatic carbocycles. The van der Waals surface area contributed by atoms with Crippen molar-refractivity contribution >= 4 is 29.5 Å². The van der Waals surface area contributed by atoms with Crippen LogP contribution in [0.1, 0.15) is 20.7 Å². The van der Waals surface area contributed by atoms with Crippen LogP contribution in [-0.4, -0.2) is 40.7 Å². The molecule has 6 heteroatoms. The normalized spacial score (nSPS) is 15.7. The summed E-state index contributed by atoms with van der Waals surface area (Å²) >= 11 is 1.24. The van der Waals surface area contributed by atoms with E-state index in [0.717, 1.165) is 4.90 Å². The van der Waals surface area contributed by atoms with Crippen LogP contribution in [-0.2, 0) is 4.79 Å². The number of carboxylic acids is 1. The Morgan fingerprint density at radius 1 is 1.28 bits per heavy atom. The SMILES string of the molecule is CSC[C@@H](C(=O)[O-])N1C(=O)c2ccccc2C1=O. The van der Waals surface area contributed by atoms with Crippen molar-refractivity contribution in [1.29, 1.82) is 0 Å². The van der Waals surface area contributed by atoms with Gasteiger partial charge in [0.2, 0.25) is 0 Å². The van der Waals surface area contributed by atoms with E-state index in [1.165, 1.54) is 23.9 Å². The van der Waals surface area contributed by atoms with Crippen molar-refractivity contribution in [2.75, 3.05) is 12.0 Å². The Morgan fingerprint density at radius 2 is 1.78 bits per heavy atom. The highest BCUT2D eigenvalue weighted by Crippen LogP contribution is 2.25. The molecule has 2 rings (SSSR count). The minimum absolute atomic E-state index is 0.119. The Morgan fingerprint density at radius 3 is 2.17 bits per heavy atom. The summed E-state index contributed by atoms with van der Waals surface area (Å²) in [5.41, 5.74) is 0.490. The van der Waals surface area contributed by atoms with E-state index < -0.39 is 23.8 Å². The number of nitrogens with zero attached hydrogens (tertiary/aromatic N) is 1. The fraction of sp³-hybridized carbons (Fsp3) is 0.250. The molecule has 1 heterocycles. The molecule has 0 bridgehead atoms. The first-order valence-electron chi connectivity index (χ1n) is 5.24. The van der Waals surface area contributed by atoms with E-state index in [2.05, 4.69) is 0 Å². The highest BCUT2D eigenvalue weighted by atomic mass is 32.2. The van der Waals surface area contributed by atoms with Crippen molar-refractivity contribution in [3.8, 4) is 0 Å². The van der Waals surface area contributed by atoms with Gasteiger partial charge in [0.15, 0.2) is 0 Å². The fourth-order valence-corrected chi connectivity index (χ4v) is 2.50. The van der Waals surface area contributed by atoms with Gasteiger partial charge in [0.1, 0.15) is 0 Å². The Labute approximate surface area is 108 Å². The summed E-state index contributed by atoms with van der Waals surface area (Å²) in [7, 11) is 0. The maximum Gasteiger partial charge on any atom is 0.262 e. The van der Waals surface area contributed by atoms with Crippen LogP contribution in [0.25, 0.3) is 0 Å². The van der Waals surface area contributed by atoms with Gasteiger partial charge in [0, 0.05) is 5.75 Å². The lowest BCUT2D eigenvalue weighted by atomic mass is 10.1. The zero-order valence-electron chi connectivity index (χ0n) is 9.58. The van der Waals surface area contributed by atoms with Gasteiger partial charge < -0.3 is 9.90 Å². The summed E-state index contributed by atoms with van der Waals surface area (Å²) in [6.07, 6.45) is 1.70. The average molecular weight is 264 g/mol. The van der Waals surface area contributed by atoms with Crippen molar-refractivity contribution in [3.63, 3.8) is 0 Å². The molecule has 0 radical (unpaired) electrons. The van der Waals surface area contributed by atoms with Crippen LogP contribution >= 0.6 is 11.8 Å². The monoisotopic (exact) mass is 264 g/mol. The first kappa shape index (κ1) is 12.6. The van der Waals surface area contributed by atoms with E-state index in [1.807, 2.05) is 0 Å². The third-order valence-corrected chi connectivity index (χ3v) is 3.38. The molecule has 1 aromatic carbocycles. The predicted molar refractivity (Wildman–Crippen MR) is 64.1 cm³/mol. The van der Waals surface area contributed by atoms with Gasteiger partial charge in [0.25, 0.3) is 11.8 Å². The summed E-state index contributed by atoms with van der Waals surface area (Å²) < 4.78 is 0. The number of thioether (sulfide) groups is 1. The number of imide groups is 1. The molecule has 0 aromatic heterocycles. The second-order valence-corrected chi connectivity index (χ2v) is 4.73. The zero-order chi connectivity index (χ0) is 13.3. The van der Waals surface area contributed by atoms with Crippen LogP contribution < -0.4 is 5.11 Å². The summed E-state index contributed by atoms with van der Waals surface area (Å²) in [5.74, 6) is -2.44. The van der Waals surface area contributed by atoms with Crippen molar-refractivity contribution in [2.24, 2.45) is 0 Å². The van der Waals surface area contributed by atoms with E-state index in [9.17, 15) is 19.5 Å². The van der Waals surface area contributed by atoms with E-state index in [-0.39, 0.29) is 16.9 Å². The molecule has 1 aliphatic rings. The number of fused-ring (bicyclic) bond motifs is 1. The maximum absolute atomic E-state index is 12.0. The Bertz CT molecular complexity index is 494. The van der Waals surface area contributed by atoms with Crippen LogP contribution in [0.4, 0.5) is 0 Å². The minimum Gasteiger partial charge on any atom is -0.548 e. The number of carboxylic acid groups (broad SMARTS) is 1. The quantitative estimate of drug-likeness (QED) is 0.702. The highest BCUT2D eigenvalue weighted by Gasteiger charge is 2.39. The molecule has 0 fully saturated rings. The van der Waals surface area contributed by atoms with Crippen molar-refractivity contribution in [2.45, 2.75) is 6.04 Å². The molecule has 1 aromatic rings. The first-order chi connectivity index (χ1) is 8.57. The molecule has 0 unspecified atom stereocenters. The Balaban J connectivity index is 2.41. The van der Waals surface area contributed by atoms with Crippen LogP contribution in [0.2, 0.25) is 0 Å². The molecule has 0 spiro atoms. The maximum atomic E-state index is 12.0. The number of amides is 2. The molecule has 0 N–H and O–H groups in total. The van der Waals surface area contributed by atoms with Gasteiger partial charge in [-0.25, -0.2) is 0 Å². The number of hydrogen-bond acceptors (Lipinski definition) is 5. The first-order valence-corrected chi connectivity index (χ1v) is 6.64. The summed E-state index contributed by atoms with van der Waals surface area (Å²) in [6, 6.07) is 5.07. The lowest BCUT2D eigenvalue weighted by Gasteiger charge is -2.26. The molecule has 1 aliphatic heterocycles. The van der Waals surface area contributed by atoms with Gasteiger partial charge in [-0.15, -0.1) is 0 Å². The lowest BCUT2D eigenvalue weighted by molar-refractivity contribution is -0.309. The molecule has 2 amide bonds. The Hall–Kier alpha value is -1.82. The van der Waals surface area contributed by atoms with E-state index in [1.54, 1.807) is 18.4 Å². The number of benzene rings is 1. The second kappa shape index (κ2) is 4.81. The van der Waals surface area contributed by atoms with Gasteiger partial charge in [0.05, 0.1) is 23.1 Å². The van der Waals surface area contributed by atoms with Gasteiger partial charge in [-0.1, -0.05) is 12.1 Å². The highest BCUT2D eigenvalue weighted by molar-refractivity contribution is 7.98. The van der Waals surface area contributed by atoms with Crippen molar-refractivity contribution in [1.82, 2.24) is 4.90 Å². The van der Waals surface area contributed by atoms with Crippen molar-refractivity contribution in [3.05, 3.63) is 35.4 Å². The predicted octanol–water partition coefficient (Wildman–Crippen LogP) is -0.236. The molecule has 0 saturated heterocycles. The molecular formula is C12H10NO4S-. The third kappa shape index (κ3) is 1.88. The Kier molecular flexibility index (Phi) is 3.38. The number of carbonyl (C=O) groups excluding carboxylic acids is 3. The number of hydrogen-bond donors (Lipinski definition) is 0. The van der Waals surface area contributed by atoms with Gasteiger partial charge in [-0.2, -0.15) is 11.8 Å². The van der Waals surface area contributed by atoms with Crippen LogP contribution in [0.5, 0.6) is 0 Å². The lowest BCUT2D eigenvalue weighted by Crippen LogP contribution is -2.52. The van der Waals surface area contributed by atoms with E-state index in [0.29, 0.717) is 0 Å². The molecule has 94 valence electrons. The van der Waals surface area contributed by atoms with Gasteiger partial charge >= 0.3 is 0 Å². The third-order valence-electron chi connectivity index (χ3n) is 2.73. The van der Waals surface area contributed by atoms with Crippen LogP contribution in [0.3, 0.4) is 0 Å². The smallest absolute Gasteiger partial charge is 0.262 e. The number of aliphatic carboxylic acids is 1. The number of carbonyl (C=O) groups is 3. The number of rotatable bonds is 4. The summed E-state index contributed by atoms with van der Waals surface area (Å²) in [4.78, 5) is 35.9. The average Bonchev–Trinajstić information content (AvgIpc) is 2.60. The van der Waals surface area contributed by atoms with E-state index >= 15 is 0 Å².